The second-order valence-corrected chi connectivity index (χ2v) is 17.9. The number of ether oxygens (including phenoxy) is 2. The van der Waals surface area contributed by atoms with E-state index in [1.54, 1.807) is 0 Å². The highest BCUT2D eigenvalue weighted by Crippen LogP contribution is 2.21. The zero-order valence-electron chi connectivity index (χ0n) is 16.7. The second kappa shape index (κ2) is 13.6. The lowest BCUT2D eigenvalue weighted by Crippen LogP contribution is -2.53. The smallest absolute Gasteiger partial charge is 0.420 e. The zero-order chi connectivity index (χ0) is 18.6. The van der Waals surface area contributed by atoms with Crippen LogP contribution in [-0.2, 0) is 21.8 Å². The second-order valence-electron chi connectivity index (χ2n) is 6.91. The van der Waals surface area contributed by atoms with Crippen molar-refractivity contribution >= 4 is 35.9 Å². The van der Waals surface area contributed by atoms with Gasteiger partial charge in [0.15, 0.2) is 27.1 Å². The van der Waals surface area contributed by atoms with Crippen molar-refractivity contribution in [2.24, 2.45) is 0 Å². The first-order chi connectivity index (χ1) is 11.2. The van der Waals surface area contributed by atoms with Crippen molar-refractivity contribution in [3.05, 3.63) is 12.2 Å². The molecule has 0 unspecified atom stereocenters. The van der Waals surface area contributed by atoms with Crippen molar-refractivity contribution in [2.75, 3.05) is 26.4 Å². The standard InChI is InChI=1S/C15H38O5Si4/c1-15(2)14-17-12-11-16-10-9-13-24(18-21(3)4,19-22(5)6)20-23(7)8/h21-23H,1,9-14H2,2-8H3. The minimum atomic E-state index is -2.51. The van der Waals surface area contributed by atoms with Crippen LogP contribution in [0.25, 0.3) is 0 Å². The summed E-state index contributed by atoms with van der Waals surface area (Å²) in [5, 5.41) is 0. The quantitative estimate of drug-likeness (QED) is 0.236. The van der Waals surface area contributed by atoms with Crippen LogP contribution in [0, 0.1) is 0 Å². The highest BCUT2D eigenvalue weighted by molar-refractivity contribution is 6.79. The Morgan fingerprint density at radius 2 is 1.25 bits per heavy atom. The fraction of sp³-hybridized carbons (Fsp3) is 0.867. The van der Waals surface area contributed by atoms with Crippen LogP contribution >= 0.6 is 0 Å². The van der Waals surface area contributed by atoms with Crippen molar-refractivity contribution in [3.63, 3.8) is 0 Å². The highest BCUT2D eigenvalue weighted by atomic mass is 28.5. The van der Waals surface area contributed by atoms with Crippen LogP contribution in [-0.4, -0.2) is 62.4 Å². The summed E-state index contributed by atoms with van der Waals surface area (Å²) in [7, 11) is -6.14. The predicted octanol–water partition coefficient (Wildman–Crippen LogP) is 2.92. The monoisotopic (exact) mass is 410 g/mol. The maximum Gasteiger partial charge on any atom is 0.469 e. The van der Waals surface area contributed by atoms with E-state index in [2.05, 4.69) is 45.9 Å². The van der Waals surface area contributed by atoms with Gasteiger partial charge >= 0.3 is 8.80 Å². The number of hydrogen-bond donors (Lipinski definition) is 0. The molecular formula is C15H38O5Si4. The van der Waals surface area contributed by atoms with Crippen LogP contribution in [0.4, 0.5) is 0 Å². The van der Waals surface area contributed by atoms with E-state index in [0.29, 0.717) is 26.4 Å². The van der Waals surface area contributed by atoms with E-state index in [1.165, 1.54) is 0 Å². The lowest BCUT2D eigenvalue weighted by atomic mass is 10.4. The third-order valence-electron chi connectivity index (χ3n) is 2.74. The van der Waals surface area contributed by atoms with E-state index in [-0.39, 0.29) is 0 Å². The molecule has 0 aliphatic heterocycles. The summed E-state index contributed by atoms with van der Waals surface area (Å²) in [6.07, 6.45) is 0.913. The van der Waals surface area contributed by atoms with Crippen LogP contribution in [0.1, 0.15) is 13.3 Å². The van der Waals surface area contributed by atoms with Gasteiger partial charge in [-0.05, 0) is 52.6 Å². The Balaban J connectivity index is 4.30. The minimum absolute atomic E-state index is 0.603. The van der Waals surface area contributed by atoms with Gasteiger partial charge in [0.2, 0.25) is 0 Å². The first kappa shape index (κ1) is 24.4. The lowest BCUT2D eigenvalue weighted by molar-refractivity contribution is 0.0557. The normalized spacial score (nSPS) is 12.6. The van der Waals surface area contributed by atoms with E-state index in [9.17, 15) is 0 Å². The van der Waals surface area contributed by atoms with Crippen molar-refractivity contribution in [1.29, 1.82) is 0 Å². The molecule has 0 amide bonds. The number of hydrogen-bond acceptors (Lipinski definition) is 5. The molecule has 0 aliphatic rings. The summed E-state index contributed by atoms with van der Waals surface area (Å²) in [6.45, 7) is 21.4. The molecule has 144 valence electrons. The Labute approximate surface area is 155 Å². The molecule has 0 rings (SSSR count). The molecule has 0 heterocycles. The van der Waals surface area contributed by atoms with Crippen LogP contribution < -0.4 is 0 Å². The van der Waals surface area contributed by atoms with Gasteiger partial charge in [-0.3, -0.25) is 0 Å². The molecule has 0 bridgehead atoms. The third kappa shape index (κ3) is 13.7. The summed E-state index contributed by atoms with van der Waals surface area (Å²) < 4.78 is 30.1. The number of rotatable bonds is 15. The van der Waals surface area contributed by atoms with Crippen LogP contribution in [0.5, 0.6) is 0 Å². The van der Waals surface area contributed by atoms with Crippen molar-refractivity contribution < 1.29 is 21.8 Å². The Kier molecular flexibility index (Phi) is 13.8. The molecule has 0 atom stereocenters. The Hall–Kier alpha value is 0.408. The molecule has 0 aliphatic carbocycles. The van der Waals surface area contributed by atoms with Gasteiger partial charge in [-0.25, -0.2) is 0 Å². The molecule has 0 aromatic carbocycles. The Morgan fingerprint density at radius 1 is 0.792 bits per heavy atom. The first-order valence-electron chi connectivity index (χ1n) is 9.00. The first-order valence-corrected chi connectivity index (χ1v) is 19.3. The van der Waals surface area contributed by atoms with E-state index >= 15 is 0 Å². The summed E-state index contributed by atoms with van der Waals surface area (Å²) in [4.78, 5) is 0. The average Bonchev–Trinajstić information content (AvgIpc) is 2.38. The third-order valence-corrected chi connectivity index (χ3v) is 13.7. The topological polar surface area (TPSA) is 46.2 Å². The van der Waals surface area contributed by atoms with Gasteiger partial charge < -0.3 is 21.8 Å². The SMILES string of the molecule is C=C(C)COCCOCCC[Si](O[SiH](C)C)(O[SiH](C)C)O[SiH](C)C. The van der Waals surface area contributed by atoms with Gasteiger partial charge in [0, 0.05) is 12.7 Å². The zero-order valence-corrected chi connectivity index (χ0v) is 21.2. The fourth-order valence-electron chi connectivity index (χ4n) is 2.19. The molecule has 0 radical (unpaired) electrons. The largest absolute Gasteiger partial charge is 0.469 e. The molecule has 5 nitrogen and oxygen atoms in total. The summed E-state index contributed by atoms with van der Waals surface area (Å²) in [6, 6.07) is 0.862. The Bertz CT molecular complexity index is 313. The molecule has 0 N–H and O–H groups in total. The lowest BCUT2D eigenvalue weighted by Gasteiger charge is -2.35. The Morgan fingerprint density at radius 3 is 1.67 bits per heavy atom. The van der Waals surface area contributed by atoms with Crippen LogP contribution in [0.2, 0.25) is 45.3 Å². The summed E-state index contributed by atoms with van der Waals surface area (Å²) >= 11 is 0. The van der Waals surface area contributed by atoms with Crippen molar-refractivity contribution in [3.8, 4) is 0 Å². The fourth-order valence-corrected chi connectivity index (χ4v) is 15.0. The molecule has 0 saturated carbocycles. The molecule has 9 heteroatoms. The molecular weight excluding hydrogens is 373 g/mol. The van der Waals surface area contributed by atoms with Gasteiger partial charge in [0.05, 0.1) is 19.8 Å². The molecule has 0 aromatic heterocycles. The molecule has 0 spiro atoms. The molecule has 0 saturated heterocycles. The van der Waals surface area contributed by atoms with E-state index in [4.69, 9.17) is 21.8 Å². The predicted molar refractivity (Wildman–Crippen MR) is 112 cm³/mol. The van der Waals surface area contributed by atoms with E-state index < -0.39 is 35.9 Å². The van der Waals surface area contributed by atoms with Crippen molar-refractivity contribution in [1.82, 2.24) is 0 Å². The van der Waals surface area contributed by atoms with Crippen LogP contribution in [0.3, 0.4) is 0 Å². The van der Waals surface area contributed by atoms with Gasteiger partial charge in [-0.15, -0.1) is 0 Å². The van der Waals surface area contributed by atoms with E-state index in [1.807, 2.05) is 6.92 Å². The summed E-state index contributed by atoms with van der Waals surface area (Å²) in [5.74, 6) is 0. The molecule has 0 fully saturated rings. The van der Waals surface area contributed by atoms with Gasteiger partial charge in [-0.2, -0.15) is 0 Å². The summed E-state index contributed by atoms with van der Waals surface area (Å²) in [5.41, 5.74) is 1.03. The average molecular weight is 411 g/mol. The van der Waals surface area contributed by atoms with Gasteiger partial charge in [0.25, 0.3) is 0 Å². The maximum atomic E-state index is 6.34. The molecule has 0 aromatic rings. The maximum absolute atomic E-state index is 6.34. The van der Waals surface area contributed by atoms with E-state index in [0.717, 1.165) is 18.0 Å². The van der Waals surface area contributed by atoms with Crippen LogP contribution in [0.15, 0.2) is 12.2 Å². The van der Waals surface area contributed by atoms with Crippen molar-refractivity contribution in [2.45, 2.75) is 58.7 Å². The van der Waals surface area contributed by atoms with Gasteiger partial charge in [0.1, 0.15) is 0 Å². The minimum Gasteiger partial charge on any atom is -0.420 e. The molecule has 24 heavy (non-hydrogen) atoms. The van der Waals surface area contributed by atoms with Gasteiger partial charge in [-0.1, -0.05) is 12.2 Å². The highest BCUT2D eigenvalue weighted by Gasteiger charge is 2.42.